The van der Waals surface area contributed by atoms with E-state index in [2.05, 4.69) is 61.9 Å². The van der Waals surface area contributed by atoms with E-state index in [0.29, 0.717) is 24.5 Å². The summed E-state index contributed by atoms with van der Waals surface area (Å²) in [6.07, 6.45) is 2.83. The first kappa shape index (κ1) is 20.6. The monoisotopic (exact) mass is 415 g/mol. The summed E-state index contributed by atoms with van der Waals surface area (Å²) in [5, 5.41) is 18.8. The molecule has 2 aromatic carbocycles. The third-order valence-corrected chi connectivity index (χ3v) is 5.05. The minimum absolute atomic E-state index is 0.00650. The highest BCUT2D eigenvalue weighted by Crippen LogP contribution is 2.30. The standard InChI is InChI=1S/C23H25N7O/c1-3-7-20(31)23-24-21(30(27-23)14-4-2)15-16-10-12-17(13-11-16)18-8-5-6-9-19(18)22-25-28-29-26-22/h5-6,8-13H,3-4,7,14-15H2,1-2H3,(H,25,26,28,29). The predicted octanol–water partition coefficient (Wildman–Crippen LogP) is 4.11. The number of carbonyl (C=O) groups is 1. The van der Waals surface area contributed by atoms with Crippen LogP contribution in [0.3, 0.4) is 0 Å². The third kappa shape index (κ3) is 4.58. The molecule has 0 radical (unpaired) electrons. The van der Waals surface area contributed by atoms with Crippen LogP contribution in [0.5, 0.6) is 0 Å². The lowest BCUT2D eigenvalue weighted by Gasteiger charge is -2.08. The Morgan fingerprint density at radius 1 is 1.00 bits per heavy atom. The Morgan fingerprint density at radius 3 is 2.45 bits per heavy atom. The van der Waals surface area contributed by atoms with Crippen LogP contribution >= 0.6 is 0 Å². The molecular weight excluding hydrogens is 390 g/mol. The highest BCUT2D eigenvalue weighted by atomic mass is 16.1. The molecule has 158 valence electrons. The second-order valence-electron chi connectivity index (χ2n) is 7.40. The van der Waals surface area contributed by atoms with Crippen molar-refractivity contribution >= 4 is 5.78 Å². The number of hydrogen-bond acceptors (Lipinski definition) is 6. The zero-order valence-corrected chi connectivity index (χ0v) is 17.7. The first-order chi connectivity index (χ1) is 15.2. The van der Waals surface area contributed by atoms with Gasteiger partial charge in [0.05, 0.1) is 0 Å². The highest BCUT2D eigenvalue weighted by Gasteiger charge is 2.16. The van der Waals surface area contributed by atoms with Crippen molar-refractivity contribution in [3.63, 3.8) is 0 Å². The molecule has 0 saturated heterocycles. The van der Waals surface area contributed by atoms with Gasteiger partial charge in [0.1, 0.15) is 5.82 Å². The van der Waals surface area contributed by atoms with Gasteiger partial charge in [-0.05, 0) is 34.7 Å². The molecule has 0 unspecified atom stereocenters. The van der Waals surface area contributed by atoms with Gasteiger partial charge in [0.25, 0.3) is 0 Å². The van der Waals surface area contributed by atoms with Gasteiger partial charge in [-0.15, -0.1) is 15.3 Å². The van der Waals surface area contributed by atoms with E-state index < -0.39 is 0 Å². The lowest BCUT2D eigenvalue weighted by Crippen LogP contribution is -2.06. The molecule has 4 rings (SSSR count). The first-order valence-electron chi connectivity index (χ1n) is 10.6. The highest BCUT2D eigenvalue weighted by molar-refractivity contribution is 5.92. The maximum absolute atomic E-state index is 12.2. The van der Waals surface area contributed by atoms with Gasteiger partial charge in [-0.2, -0.15) is 5.21 Å². The number of nitrogens with zero attached hydrogens (tertiary/aromatic N) is 6. The van der Waals surface area contributed by atoms with E-state index in [1.807, 2.05) is 35.9 Å². The van der Waals surface area contributed by atoms with Crippen LogP contribution in [0.15, 0.2) is 48.5 Å². The Kier molecular flexibility index (Phi) is 6.26. The second kappa shape index (κ2) is 9.42. The Balaban J connectivity index is 1.58. The van der Waals surface area contributed by atoms with Crippen LogP contribution in [0, 0.1) is 0 Å². The molecule has 31 heavy (non-hydrogen) atoms. The van der Waals surface area contributed by atoms with E-state index >= 15 is 0 Å². The summed E-state index contributed by atoms with van der Waals surface area (Å²) in [5.41, 5.74) is 4.14. The molecule has 8 nitrogen and oxygen atoms in total. The van der Waals surface area contributed by atoms with Gasteiger partial charge < -0.3 is 0 Å². The van der Waals surface area contributed by atoms with Crippen LogP contribution in [0.1, 0.15) is 55.1 Å². The number of tetrazole rings is 1. The summed E-state index contributed by atoms with van der Waals surface area (Å²) in [6, 6.07) is 16.3. The summed E-state index contributed by atoms with van der Waals surface area (Å²) in [7, 11) is 0. The molecule has 0 bridgehead atoms. The van der Waals surface area contributed by atoms with Crippen LogP contribution in [0.4, 0.5) is 0 Å². The molecule has 0 saturated carbocycles. The average Bonchev–Trinajstić information content (AvgIpc) is 3.46. The quantitative estimate of drug-likeness (QED) is 0.413. The largest absolute Gasteiger partial charge is 0.291 e. The number of aromatic amines is 1. The van der Waals surface area contributed by atoms with Crippen LogP contribution < -0.4 is 0 Å². The molecule has 0 atom stereocenters. The number of nitrogens with one attached hydrogen (secondary N) is 1. The van der Waals surface area contributed by atoms with E-state index in [9.17, 15) is 4.79 Å². The van der Waals surface area contributed by atoms with Gasteiger partial charge >= 0.3 is 0 Å². The van der Waals surface area contributed by atoms with Crippen molar-refractivity contribution in [2.75, 3.05) is 0 Å². The van der Waals surface area contributed by atoms with Crippen molar-refractivity contribution in [3.05, 3.63) is 65.7 Å². The second-order valence-corrected chi connectivity index (χ2v) is 7.40. The summed E-state index contributed by atoms with van der Waals surface area (Å²) in [5.74, 6) is 1.72. The zero-order chi connectivity index (χ0) is 21.6. The third-order valence-electron chi connectivity index (χ3n) is 5.05. The molecule has 0 aliphatic rings. The van der Waals surface area contributed by atoms with E-state index in [1.54, 1.807) is 0 Å². The van der Waals surface area contributed by atoms with Crippen LogP contribution in [0.25, 0.3) is 22.5 Å². The number of carbonyl (C=O) groups excluding carboxylic acids is 1. The van der Waals surface area contributed by atoms with Crippen LogP contribution in [-0.4, -0.2) is 41.2 Å². The minimum Gasteiger partial charge on any atom is -0.291 e. The summed E-state index contributed by atoms with van der Waals surface area (Å²) >= 11 is 0. The van der Waals surface area contributed by atoms with Gasteiger partial charge in [0.15, 0.2) is 0 Å². The Labute approximate surface area is 180 Å². The van der Waals surface area contributed by atoms with E-state index in [4.69, 9.17) is 0 Å². The Hall–Kier alpha value is -3.68. The predicted molar refractivity (Wildman–Crippen MR) is 117 cm³/mol. The van der Waals surface area contributed by atoms with Crippen molar-refractivity contribution in [2.45, 2.75) is 46.1 Å². The van der Waals surface area contributed by atoms with Gasteiger partial charge in [-0.3, -0.25) is 4.79 Å². The number of hydrogen-bond donors (Lipinski definition) is 1. The lowest BCUT2D eigenvalue weighted by atomic mass is 9.98. The van der Waals surface area contributed by atoms with Crippen molar-refractivity contribution in [3.8, 4) is 22.5 Å². The topological polar surface area (TPSA) is 102 Å². The van der Waals surface area contributed by atoms with Gasteiger partial charge in [-0.1, -0.05) is 62.4 Å². The number of aryl methyl sites for hydroxylation is 1. The van der Waals surface area contributed by atoms with E-state index in [0.717, 1.165) is 47.5 Å². The van der Waals surface area contributed by atoms with Gasteiger partial charge in [0, 0.05) is 24.9 Å². The number of aromatic nitrogens is 7. The number of benzene rings is 2. The molecule has 0 spiro atoms. The average molecular weight is 416 g/mol. The number of rotatable bonds is 9. The normalized spacial score (nSPS) is 11.0. The molecule has 0 aliphatic heterocycles. The fraction of sp³-hybridized carbons (Fsp3) is 0.304. The lowest BCUT2D eigenvalue weighted by molar-refractivity contribution is 0.0971. The minimum atomic E-state index is 0.00650. The Bertz CT molecular complexity index is 1150. The van der Waals surface area contributed by atoms with Crippen molar-refractivity contribution < 1.29 is 4.79 Å². The van der Waals surface area contributed by atoms with Crippen molar-refractivity contribution in [1.29, 1.82) is 0 Å². The summed E-state index contributed by atoms with van der Waals surface area (Å²) in [6.45, 7) is 4.83. The fourth-order valence-electron chi connectivity index (χ4n) is 3.54. The molecule has 2 heterocycles. The first-order valence-corrected chi connectivity index (χ1v) is 10.6. The summed E-state index contributed by atoms with van der Waals surface area (Å²) < 4.78 is 1.86. The van der Waals surface area contributed by atoms with Crippen molar-refractivity contribution in [2.24, 2.45) is 0 Å². The van der Waals surface area contributed by atoms with Crippen LogP contribution in [-0.2, 0) is 13.0 Å². The molecule has 4 aromatic rings. The van der Waals surface area contributed by atoms with E-state index in [1.165, 1.54) is 0 Å². The fourth-order valence-corrected chi connectivity index (χ4v) is 3.54. The number of ketones is 1. The molecule has 8 heteroatoms. The maximum atomic E-state index is 12.2. The smallest absolute Gasteiger partial charge is 0.217 e. The molecule has 2 aromatic heterocycles. The molecule has 0 aliphatic carbocycles. The van der Waals surface area contributed by atoms with Crippen LogP contribution in [0.2, 0.25) is 0 Å². The molecule has 1 N–H and O–H groups in total. The maximum Gasteiger partial charge on any atom is 0.217 e. The van der Waals surface area contributed by atoms with Gasteiger partial charge in [0.2, 0.25) is 17.4 Å². The SMILES string of the molecule is CCCC(=O)c1nc(Cc2ccc(-c3ccccc3-c3nn[nH]n3)cc2)n(CCC)n1. The van der Waals surface area contributed by atoms with Gasteiger partial charge in [-0.25, -0.2) is 9.67 Å². The van der Waals surface area contributed by atoms with Crippen molar-refractivity contribution in [1.82, 2.24) is 35.4 Å². The number of H-pyrrole nitrogens is 1. The molecule has 0 amide bonds. The summed E-state index contributed by atoms with van der Waals surface area (Å²) in [4.78, 5) is 16.8. The molecule has 0 fully saturated rings. The number of Topliss-reactive ketones (excluding diaryl/α,β-unsaturated/α-hetero) is 1. The Morgan fingerprint density at radius 2 is 1.77 bits per heavy atom. The zero-order valence-electron chi connectivity index (χ0n) is 17.7. The van der Waals surface area contributed by atoms with E-state index in [-0.39, 0.29) is 5.78 Å². The molecular formula is C23H25N7O.